The molecule has 2 amide bonds. The Bertz CT molecular complexity index is 798. The zero-order chi connectivity index (χ0) is 22.6. The molecule has 1 aromatic rings. The summed E-state index contributed by atoms with van der Waals surface area (Å²) in [5.74, 6) is 1.76. The molecular weight excluding hydrogens is 404 g/mol. The molecule has 0 saturated carbocycles. The van der Waals surface area contributed by atoms with Crippen LogP contribution in [0.2, 0.25) is 0 Å². The van der Waals surface area contributed by atoms with E-state index in [0.29, 0.717) is 18.9 Å². The summed E-state index contributed by atoms with van der Waals surface area (Å²) in [7, 11) is 0. The smallest absolute Gasteiger partial charge is 0.409 e. The minimum atomic E-state index is -0.169. The molecule has 2 fully saturated rings. The van der Waals surface area contributed by atoms with Crippen LogP contribution in [-0.4, -0.2) is 72.7 Å². The van der Waals surface area contributed by atoms with Crippen LogP contribution < -0.4 is 4.90 Å². The van der Waals surface area contributed by atoms with Gasteiger partial charge in [-0.25, -0.2) is 9.78 Å². The SMILES string of the molecule is CCCCC(=O)N1CC2(CCN(CC3CCN(C(=O)OCC)CC3)CC2)c2cccnc21. The van der Waals surface area contributed by atoms with E-state index in [1.807, 2.05) is 29.0 Å². The summed E-state index contributed by atoms with van der Waals surface area (Å²) in [4.78, 5) is 35.8. The fourth-order valence-electron chi connectivity index (χ4n) is 5.63. The minimum Gasteiger partial charge on any atom is -0.450 e. The van der Waals surface area contributed by atoms with Crippen LogP contribution in [0.15, 0.2) is 18.3 Å². The fraction of sp³-hybridized carbons (Fsp3) is 0.720. The van der Waals surface area contributed by atoms with Crippen molar-refractivity contribution >= 4 is 17.8 Å². The highest BCUT2D eigenvalue weighted by atomic mass is 16.6. The number of likely N-dealkylation sites (tertiary alicyclic amines) is 2. The van der Waals surface area contributed by atoms with Gasteiger partial charge in [0, 0.05) is 49.8 Å². The molecule has 7 nitrogen and oxygen atoms in total. The van der Waals surface area contributed by atoms with Crippen molar-refractivity contribution in [3.63, 3.8) is 0 Å². The molecule has 7 heteroatoms. The van der Waals surface area contributed by atoms with Gasteiger partial charge in [-0.1, -0.05) is 19.4 Å². The molecule has 4 heterocycles. The second-order valence-electron chi connectivity index (χ2n) is 9.67. The third-order valence-electron chi connectivity index (χ3n) is 7.59. The number of amides is 2. The van der Waals surface area contributed by atoms with Gasteiger partial charge in [-0.15, -0.1) is 0 Å². The van der Waals surface area contributed by atoms with Crippen LogP contribution in [0.5, 0.6) is 0 Å². The molecule has 0 unspecified atom stereocenters. The van der Waals surface area contributed by atoms with E-state index in [0.717, 1.165) is 83.6 Å². The zero-order valence-electron chi connectivity index (χ0n) is 19.7. The van der Waals surface area contributed by atoms with Gasteiger partial charge in [-0.2, -0.15) is 0 Å². The number of aromatic nitrogens is 1. The average molecular weight is 443 g/mol. The lowest BCUT2D eigenvalue weighted by Gasteiger charge is -2.42. The molecule has 3 aliphatic rings. The van der Waals surface area contributed by atoms with Crippen LogP contribution in [-0.2, 0) is 14.9 Å². The van der Waals surface area contributed by atoms with E-state index in [4.69, 9.17) is 4.74 Å². The van der Waals surface area contributed by atoms with E-state index in [1.54, 1.807) is 0 Å². The van der Waals surface area contributed by atoms with Gasteiger partial charge in [-0.3, -0.25) is 9.69 Å². The molecule has 1 spiro atoms. The molecule has 32 heavy (non-hydrogen) atoms. The van der Waals surface area contributed by atoms with Gasteiger partial charge in [0.15, 0.2) is 0 Å². The van der Waals surface area contributed by atoms with Crippen LogP contribution in [0, 0.1) is 5.92 Å². The Hall–Kier alpha value is -2.15. The Morgan fingerprint density at radius 3 is 2.59 bits per heavy atom. The molecular formula is C25H38N4O3. The minimum absolute atomic E-state index is 0.0508. The first-order chi connectivity index (χ1) is 15.6. The van der Waals surface area contributed by atoms with Gasteiger partial charge < -0.3 is 14.5 Å². The molecule has 0 atom stereocenters. The number of anilines is 1. The van der Waals surface area contributed by atoms with E-state index in [1.165, 1.54) is 5.56 Å². The highest BCUT2D eigenvalue weighted by Gasteiger charge is 2.47. The summed E-state index contributed by atoms with van der Waals surface area (Å²) in [6.07, 6.45) is 8.48. The van der Waals surface area contributed by atoms with Crippen molar-refractivity contribution in [2.45, 2.75) is 64.2 Å². The lowest BCUT2D eigenvalue weighted by atomic mass is 9.74. The number of pyridine rings is 1. The van der Waals surface area contributed by atoms with Crippen LogP contribution in [0.3, 0.4) is 0 Å². The molecule has 0 aromatic carbocycles. The molecule has 0 aliphatic carbocycles. The normalized spacial score (nSPS) is 21.1. The van der Waals surface area contributed by atoms with Crippen LogP contribution in [0.25, 0.3) is 0 Å². The highest BCUT2D eigenvalue weighted by molar-refractivity contribution is 5.95. The molecule has 0 N–H and O–H groups in total. The predicted molar refractivity (Wildman–Crippen MR) is 125 cm³/mol. The first kappa shape index (κ1) is 23.0. The first-order valence-electron chi connectivity index (χ1n) is 12.5. The molecule has 4 rings (SSSR count). The van der Waals surface area contributed by atoms with Crippen molar-refractivity contribution < 1.29 is 14.3 Å². The summed E-state index contributed by atoms with van der Waals surface area (Å²) in [6, 6.07) is 4.21. The Kier molecular flexibility index (Phi) is 7.33. The Morgan fingerprint density at radius 1 is 1.16 bits per heavy atom. The zero-order valence-corrected chi connectivity index (χ0v) is 19.7. The monoisotopic (exact) mass is 442 g/mol. The predicted octanol–water partition coefficient (Wildman–Crippen LogP) is 3.82. The van der Waals surface area contributed by atoms with E-state index in [2.05, 4.69) is 22.9 Å². The second kappa shape index (κ2) is 10.2. The maximum Gasteiger partial charge on any atom is 0.409 e. The standard InChI is InChI=1S/C25H38N4O3/c1-3-5-8-22(30)29-19-25(21-7-6-13-26-23(21)29)11-16-27(17-12-25)18-20-9-14-28(15-10-20)24(31)32-4-2/h6-7,13,20H,3-5,8-12,14-19H2,1-2H3. The Morgan fingerprint density at radius 2 is 1.91 bits per heavy atom. The number of unbranched alkanes of at least 4 members (excludes halogenated alkanes) is 1. The number of carbonyl (C=O) groups excluding carboxylic acids is 2. The van der Waals surface area contributed by atoms with Gasteiger partial charge >= 0.3 is 6.09 Å². The maximum atomic E-state index is 12.9. The third-order valence-corrected chi connectivity index (χ3v) is 7.59. The number of fused-ring (bicyclic) bond motifs is 2. The quantitative estimate of drug-likeness (QED) is 0.670. The van der Waals surface area contributed by atoms with E-state index >= 15 is 0 Å². The van der Waals surface area contributed by atoms with Crippen molar-refractivity contribution in [2.24, 2.45) is 5.92 Å². The number of piperidine rings is 2. The van der Waals surface area contributed by atoms with E-state index in [9.17, 15) is 9.59 Å². The number of carbonyl (C=O) groups is 2. The number of rotatable bonds is 6. The number of nitrogens with zero attached hydrogens (tertiary/aromatic N) is 4. The van der Waals surface area contributed by atoms with Crippen molar-refractivity contribution in [2.75, 3.05) is 50.8 Å². The number of ether oxygens (including phenoxy) is 1. The molecule has 0 radical (unpaired) electrons. The van der Waals surface area contributed by atoms with Crippen molar-refractivity contribution in [1.29, 1.82) is 0 Å². The summed E-state index contributed by atoms with van der Waals surface area (Å²) in [6.45, 7) is 10.0. The summed E-state index contributed by atoms with van der Waals surface area (Å²) >= 11 is 0. The highest BCUT2D eigenvalue weighted by Crippen LogP contribution is 2.46. The number of hydrogen-bond donors (Lipinski definition) is 0. The summed E-state index contributed by atoms with van der Waals surface area (Å²) in [5.41, 5.74) is 1.32. The topological polar surface area (TPSA) is 66.0 Å². The lowest BCUT2D eigenvalue weighted by molar-refractivity contribution is -0.118. The maximum absolute atomic E-state index is 12.9. The summed E-state index contributed by atoms with van der Waals surface area (Å²) < 4.78 is 5.14. The molecule has 0 bridgehead atoms. The molecule has 2 saturated heterocycles. The van der Waals surface area contributed by atoms with Gasteiger partial charge in [0.25, 0.3) is 0 Å². The third kappa shape index (κ3) is 4.77. The molecule has 3 aliphatic heterocycles. The first-order valence-corrected chi connectivity index (χ1v) is 12.5. The Labute approximate surface area is 192 Å². The lowest BCUT2D eigenvalue weighted by Crippen LogP contribution is -2.48. The van der Waals surface area contributed by atoms with Crippen molar-refractivity contribution in [1.82, 2.24) is 14.8 Å². The van der Waals surface area contributed by atoms with Crippen molar-refractivity contribution in [3.8, 4) is 0 Å². The second-order valence-corrected chi connectivity index (χ2v) is 9.67. The van der Waals surface area contributed by atoms with Crippen LogP contribution in [0.1, 0.15) is 64.4 Å². The van der Waals surface area contributed by atoms with Gasteiger partial charge in [0.1, 0.15) is 5.82 Å². The van der Waals surface area contributed by atoms with Gasteiger partial charge in [-0.05, 0) is 64.1 Å². The Balaban J connectivity index is 1.32. The van der Waals surface area contributed by atoms with Crippen molar-refractivity contribution in [3.05, 3.63) is 23.9 Å². The largest absolute Gasteiger partial charge is 0.450 e. The number of hydrogen-bond acceptors (Lipinski definition) is 5. The fourth-order valence-corrected chi connectivity index (χ4v) is 5.63. The van der Waals surface area contributed by atoms with Gasteiger partial charge in [0.2, 0.25) is 5.91 Å². The van der Waals surface area contributed by atoms with E-state index < -0.39 is 0 Å². The molecule has 176 valence electrons. The van der Waals surface area contributed by atoms with Crippen LogP contribution >= 0.6 is 0 Å². The van der Waals surface area contributed by atoms with E-state index in [-0.39, 0.29) is 17.4 Å². The van der Waals surface area contributed by atoms with Crippen LogP contribution in [0.4, 0.5) is 10.6 Å². The molecule has 1 aromatic heterocycles. The van der Waals surface area contributed by atoms with Gasteiger partial charge in [0.05, 0.1) is 6.61 Å². The summed E-state index contributed by atoms with van der Waals surface area (Å²) in [5, 5.41) is 0. The average Bonchev–Trinajstić information content (AvgIpc) is 3.14.